The Hall–Kier alpha value is -1.72. The van der Waals surface area contributed by atoms with Gasteiger partial charge in [0.2, 0.25) is 5.78 Å². The molecule has 100 valence electrons. The first kappa shape index (κ1) is 13.3. The van der Waals surface area contributed by atoms with E-state index in [9.17, 15) is 4.79 Å². The Morgan fingerprint density at radius 2 is 2.10 bits per heavy atom. The molecule has 3 rings (SSSR count). The van der Waals surface area contributed by atoms with Gasteiger partial charge in [-0.15, -0.1) is 11.3 Å². The van der Waals surface area contributed by atoms with Crippen LogP contribution in [0, 0.1) is 6.92 Å². The van der Waals surface area contributed by atoms with Gasteiger partial charge in [0.15, 0.2) is 4.96 Å². The van der Waals surface area contributed by atoms with Crippen molar-refractivity contribution in [2.75, 3.05) is 0 Å². The third-order valence-corrected chi connectivity index (χ3v) is 4.45. The minimum absolute atomic E-state index is 0.0399. The highest BCUT2D eigenvalue weighted by Crippen LogP contribution is 2.18. The van der Waals surface area contributed by atoms with Crippen molar-refractivity contribution in [1.29, 1.82) is 0 Å². The number of nitrogens with zero attached hydrogens (tertiary/aromatic N) is 2. The minimum Gasteiger partial charge on any atom is -0.288 e. The van der Waals surface area contributed by atoms with Crippen LogP contribution in [0.4, 0.5) is 0 Å². The third-order valence-electron chi connectivity index (χ3n) is 2.97. The van der Waals surface area contributed by atoms with E-state index in [4.69, 9.17) is 0 Å². The van der Waals surface area contributed by atoms with E-state index in [1.165, 1.54) is 11.3 Å². The summed E-state index contributed by atoms with van der Waals surface area (Å²) in [5, 5.41) is 2.00. The molecule has 2 aromatic heterocycles. The van der Waals surface area contributed by atoms with Crippen molar-refractivity contribution in [3.05, 3.63) is 63.3 Å². The highest BCUT2D eigenvalue weighted by molar-refractivity contribution is 9.10. The van der Waals surface area contributed by atoms with Gasteiger partial charge < -0.3 is 0 Å². The summed E-state index contributed by atoms with van der Waals surface area (Å²) in [6, 6.07) is 7.81. The largest absolute Gasteiger partial charge is 0.288 e. The van der Waals surface area contributed by atoms with Crippen LogP contribution < -0.4 is 0 Å². The SMILES string of the molecule is Cc1csc2ncc(C(=O)/C=C/c3ccc(Br)cc3)n12. The summed E-state index contributed by atoms with van der Waals surface area (Å²) in [5.41, 5.74) is 2.62. The van der Waals surface area contributed by atoms with Crippen molar-refractivity contribution in [3.63, 3.8) is 0 Å². The molecule has 0 bridgehead atoms. The summed E-state index contributed by atoms with van der Waals surface area (Å²) < 4.78 is 2.91. The second-order valence-electron chi connectivity index (χ2n) is 4.39. The van der Waals surface area contributed by atoms with Crippen LogP contribution in [-0.2, 0) is 0 Å². The van der Waals surface area contributed by atoms with Crippen LogP contribution in [0.25, 0.3) is 11.0 Å². The predicted octanol–water partition coefficient (Wildman–Crippen LogP) is 4.36. The molecule has 5 heteroatoms. The Labute approximate surface area is 128 Å². The molecule has 0 N–H and O–H groups in total. The Kier molecular flexibility index (Phi) is 3.54. The number of allylic oxidation sites excluding steroid dienone is 1. The zero-order valence-corrected chi connectivity index (χ0v) is 13.1. The van der Waals surface area contributed by atoms with Crippen molar-refractivity contribution >= 4 is 44.1 Å². The summed E-state index contributed by atoms with van der Waals surface area (Å²) >= 11 is 4.92. The van der Waals surface area contributed by atoms with Crippen LogP contribution in [0.5, 0.6) is 0 Å². The molecule has 0 spiro atoms. The van der Waals surface area contributed by atoms with Crippen molar-refractivity contribution in [1.82, 2.24) is 9.38 Å². The number of rotatable bonds is 3. The maximum atomic E-state index is 12.3. The van der Waals surface area contributed by atoms with Gasteiger partial charge in [-0.25, -0.2) is 4.98 Å². The quantitative estimate of drug-likeness (QED) is 0.521. The maximum Gasteiger partial charge on any atom is 0.204 e. The molecule has 0 radical (unpaired) electrons. The van der Waals surface area contributed by atoms with Gasteiger partial charge in [-0.3, -0.25) is 9.20 Å². The summed E-state index contributed by atoms with van der Waals surface area (Å²) in [7, 11) is 0. The molecule has 3 nitrogen and oxygen atoms in total. The normalized spacial score (nSPS) is 11.5. The fourth-order valence-electron chi connectivity index (χ4n) is 1.95. The molecular weight excluding hydrogens is 336 g/mol. The molecule has 0 unspecified atom stereocenters. The van der Waals surface area contributed by atoms with Crippen molar-refractivity contribution < 1.29 is 4.79 Å². The monoisotopic (exact) mass is 346 g/mol. The number of halogens is 1. The minimum atomic E-state index is -0.0399. The van der Waals surface area contributed by atoms with E-state index in [2.05, 4.69) is 20.9 Å². The first-order valence-corrected chi connectivity index (χ1v) is 7.72. The van der Waals surface area contributed by atoms with Crippen molar-refractivity contribution in [2.24, 2.45) is 0 Å². The van der Waals surface area contributed by atoms with E-state index in [1.807, 2.05) is 47.0 Å². The molecule has 20 heavy (non-hydrogen) atoms. The molecule has 0 saturated carbocycles. The number of carbonyl (C=O) groups is 1. The maximum absolute atomic E-state index is 12.3. The second kappa shape index (κ2) is 5.34. The van der Waals surface area contributed by atoms with E-state index in [-0.39, 0.29) is 5.78 Å². The summed E-state index contributed by atoms with van der Waals surface area (Å²) in [6.07, 6.45) is 5.03. The number of fused-ring (bicyclic) bond motifs is 1. The molecule has 0 atom stereocenters. The van der Waals surface area contributed by atoms with E-state index >= 15 is 0 Å². The number of aryl methyl sites for hydroxylation is 1. The smallest absolute Gasteiger partial charge is 0.204 e. The van der Waals surface area contributed by atoms with Crippen LogP contribution in [0.15, 0.2) is 46.4 Å². The Bertz CT molecular complexity index is 799. The van der Waals surface area contributed by atoms with Gasteiger partial charge in [0.25, 0.3) is 0 Å². The molecule has 0 aliphatic heterocycles. The highest BCUT2D eigenvalue weighted by atomic mass is 79.9. The van der Waals surface area contributed by atoms with Crippen LogP contribution in [-0.4, -0.2) is 15.2 Å². The fourth-order valence-corrected chi connectivity index (χ4v) is 3.06. The Morgan fingerprint density at radius 3 is 2.85 bits per heavy atom. The van der Waals surface area contributed by atoms with E-state index in [1.54, 1.807) is 12.3 Å². The van der Waals surface area contributed by atoms with E-state index < -0.39 is 0 Å². The number of ketones is 1. The lowest BCUT2D eigenvalue weighted by molar-refractivity contribution is 0.104. The Balaban J connectivity index is 1.89. The zero-order chi connectivity index (χ0) is 14.1. The first-order valence-electron chi connectivity index (χ1n) is 6.04. The predicted molar refractivity (Wildman–Crippen MR) is 85.3 cm³/mol. The van der Waals surface area contributed by atoms with Gasteiger partial charge in [0.05, 0.1) is 6.20 Å². The van der Waals surface area contributed by atoms with Crippen LogP contribution in [0.1, 0.15) is 21.7 Å². The number of aromatic nitrogens is 2. The highest BCUT2D eigenvalue weighted by Gasteiger charge is 2.12. The number of hydrogen-bond acceptors (Lipinski definition) is 3. The first-order chi connectivity index (χ1) is 9.65. The fraction of sp³-hybridized carbons (Fsp3) is 0.0667. The molecular formula is C15H11BrN2OS. The van der Waals surface area contributed by atoms with Gasteiger partial charge in [-0.1, -0.05) is 34.1 Å². The van der Waals surface area contributed by atoms with E-state index in [0.717, 1.165) is 20.7 Å². The number of imidazole rings is 1. The zero-order valence-electron chi connectivity index (χ0n) is 10.7. The van der Waals surface area contributed by atoms with Crippen LogP contribution >= 0.6 is 27.3 Å². The van der Waals surface area contributed by atoms with Crippen molar-refractivity contribution in [3.8, 4) is 0 Å². The molecule has 0 saturated heterocycles. The summed E-state index contributed by atoms with van der Waals surface area (Å²) in [4.78, 5) is 17.4. The lowest BCUT2D eigenvalue weighted by atomic mass is 10.2. The van der Waals surface area contributed by atoms with Crippen LogP contribution in [0.3, 0.4) is 0 Å². The molecule has 0 aliphatic rings. The second-order valence-corrected chi connectivity index (χ2v) is 6.14. The average Bonchev–Trinajstić information content (AvgIpc) is 3.01. The number of benzene rings is 1. The topological polar surface area (TPSA) is 34.4 Å². The van der Waals surface area contributed by atoms with Crippen molar-refractivity contribution in [2.45, 2.75) is 6.92 Å². The summed E-state index contributed by atoms with van der Waals surface area (Å²) in [6.45, 7) is 1.97. The number of carbonyl (C=O) groups excluding carboxylic acids is 1. The van der Waals surface area contributed by atoms with Gasteiger partial charge >= 0.3 is 0 Å². The molecule has 2 heterocycles. The lowest BCUT2D eigenvalue weighted by Gasteiger charge is -1.96. The molecule has 0 aliphatic carbocycles. The van der Waals surface area contributed by atoms with Crippen LogP contribution in [0.2, 0.25) is 0 Å². The van der Waals surface area contributed by atoms with Gasteiger partial charge in [0.1, 0.15) is 5.69 Å². The molecule has 0 amide bonds. The van der Waals surface area contributed by atoms with Gasteiger partial charge in [-0.05, 0) is 30.7 Å². The number of thiazole rings is 1. The average molecular weight is 347 g/mol. The standard InChI is InChI=1S/C15H11BrN2OS/c1-10-9-20-15-17-8-13(18(10)15)14(19)7-4-11-2-5-12(16)6-3-11/h2-9H,1H3/b7-4+. The third kappa shape index (κ3) is 2.46. The van der Waals surface area contributed by atoms with Gasteiger partial charge in [-0.2, -0.15) is 0 Å². The molecule has 3 aromatic rings. The molecule has 0 fully saturated rings. The Morgan fingerprint density at radius 1 is 1.35 bits per heavy atom. The number of hydrogen-bond donors (Lipinski definition) is 0. The molecule has 1 aromatic carbocycles. The van der Waals surface area contributed by atoms with Gasteiger partial charge in [0, 0.05) is 15.5 Å². The summed E-state index contributed by atoms with van der Waals surface area (Å²) in [5.74, 6) is -0.0399. The lowest BCUT2D eigenvalue weighted by Crippen LogP contribution is -2.00. The van der Waals surface area contributed by atoms with E-state index in [0.29, 0.717) is 5.69 Å².